The van der Waals surface area contributed by atoms with Gasteiger partial charge in [-0.25, -0.2) is 0 Å². The molecule has 1 spiro atoms. The maximum atomic E-state index is 13.0. The van der Waals surface area contributed by atoms with Crippen molar-refractivity contribution in [2.24, 2.45) is 11.8 Å². The van der Waals surface area contributed by atoms with Crippen LogP contribution in [-0.2, 0) is 16.6 Å². The van der Waals surface area contributed by atoms with E-state index in [1.807, 2.05) is 0 Å². The second-order valence-electron chi connectivity index (χ2n) is 9.81. The lowest BCUT2D eigenvalue weighted by atomic mass is 9.51. The van der Waals surface area contributed by atoms with Crippen LogP contribution in [0.25, 0.3) is 5.57 Å². The second-order valence-corrected chi connectivity index (χ2v) is 9.81. The third kappa shape index (κ3) is 1.99. The molecule has 2 bridgehead atoms. The average Bonchev–Trinajstić information content (AvgIpc) is 3.38. The van der Waals surface area contributed by atoms with E-state index in [4.69, 9.17) is 4.74 Å². The van der Waals surface area contributed by atoms with Crippen LogP contribution in [0, 0.1) is 18.8 Å². The van der Waals surface area contributed by atoms with Crippen molar-refractivity contribution in [3.8, 4) is 5.75 Å². The fourth-order valence-electron chi connectivity index (χ4n) is 6.91. The molecule has 0 radical (unpaired) electrons. The smallest absolute Gasteiger partial charge is 0.174 e. The Kier molecular flexibility index (Phi) is 3.18. The number of Topliss-reactive ketones (excluding diaryl/α,β-unsaturated/α-hetero) is 1. The molecule has 1 aromatic carbocycles. The van der Waals surface area contributed by atoms with Crippen molar-refractivity contribution in [2.75, 3.05) is 13.1 Å². The number of hydrogen-bond acceptors (Lipinski definition) is 3. The number of ether oxygens (including phenoxy) is 1. The summed E-state index contributed by atoms with van der Waals surface area (Å²) in [6.07, 6.45) is 6.49. The van der Waals surface area contributed by atoms with Gasteiger partial charge in [0.25, 0.3) is 0 Å². The minimum absolute atomic E-state index is 0.0703. The summed E-state index contributed by atoms with van der Waals surface area (Å²) in [5.74, 6) is 2.85. The monoisotopic (exact) mass is 363 g/mol. The maximum Gasteiger partial charge on any atom is 0.174 e. The van der Waals surface area contributed by atoms with Gasteiger partial charge in [-0.05, 0) is 87.1 Å². The fourth-order valence-corrected chi connectivity index (χ4v) is 6.91. The molecule has 0 N–H and O–H groups in total. The Bertz CT molecular complexity index is 883. The van der Waals surface area contributed by atoms with Crippen molar-refractivity contribution in [3.63, 3.8) is 0 Å². The first-order valence-corrected chi connectivity index (χ1v) is 10.8. The molecule has 0 amide bonds. The highest BCUT2D eigenvalue weighted by molar-refractivity contribution is 5.89. The molecule has 1 aromatic rings. The van der Waals surface area contributed by atoms with E-state index >= 15 is 0 Å². The molecule has 6 rings (SSSR count). The van der Waals surface area contributed by atoms with Crippen LogP contribution in [0.4, 0.5) is 0 Å². The Labute approximate surface area is 161 Å². The van der Waals surface area contributed by atoms with E-state index < -0.39 is 0 Å². The Morgan fingerprint density at radius 1 is 1.37 bits per heavy atom. The lowest BCUT2D eigenvalue weighted by Gasteiger charge is -2.58. The topological polar surface area (TPSA) is 29.5 Å². The molecule has 2 saturated carbocycles. The van der Waals surface area contributed by atoms with E-state index in [1.165, 1.54) is 41.6 Å². The molecule has 142 valence electrons. The van der Waals surface area contributed by atoms with Gasteiger partial charge in [-0.3, -0.25) is 9.69 Å². The Morgan fingerprint density at radius 2 is 2.19 bits per heavy atom. The van der Waals surface area contributed by atoms with E-state index in [-0.39, 0.29) is 11.5 Å². The molecule has 3 fully saturated rings. The maximum absolute atomic E-state index is 13.0. The molecule has 3 aliphatic carbocycles. The molecule has 5 aliphatic rings. The van der Waals surface area contributed by atoms with Gasteiger partial charge in [0.15, 0.2) is 11.9 Å². The summed E-state index contributed by atoms with van der Waals surface area (Å²) in [5, 5.41) is 0. The van der Waals surface area contributed by atoms with Gasteiger partial charge in [-0.1, -0.05) is 12.2 Å². The molecule has 0 aromatic heterocycles. The number of carbonyl (C=O) groups excluding carboxylic acids is 1. The Morgan fingerprint density at radius 3 is 2.93 bits per heavy atom. The standard InChI is InChI=1S/C24H29NO2/c1-13(2)16-10-14(3)22-21-17(16)11-19-18-6-7-20(26)23(27-22)24(18,21)8-9-25(19)12-15-4-5-15/h10,15,18-19,23H,1,4-9,11-12H2,2-3H3/t18?,19?,23-,24-/m1/s1. The van der Waals surface area contributed by atoms with E-state index in [0.29, 0.717) is 24.2 Å². The molecular weight excluding hydrogens is 334 g/mol. The summed E-state index contributed by atoms with van der Waals surface area (Å²) in [6, 6.07) is 2.83. The number of rotatable bonds is 3. The van der Waals surface area contributed by atoms with E-state index in [1.54, 1.807) is 0 Å². The van der Waals surface area contributed by atoms with E-state index in [9.17, 15) is 4.79 Å². The lowest BCUT2D eigenvalue weighted by molar-refractivity contribution is -0.138. The van der Waals surface area contributed by atoms with Crippen LogP contribution in [0.15, 0.2) is 12.6 Å². The fraction of sp³-hybridized carbons (Fsp3) is 0.625. The largest absolute Gasteiger partial charge is 0.481 e. The summed E-state index contributed by atoms with van der Waals surface area (Å²) < 4.78 is 6.49. The van der Waals surface area contributed by atoms with E-state index in [0.717, 1.165) is 43.0 Å². The van der Waals surface area contributed by atoms with Crippen LogP contribution in [0.5, 0.6) is 5.75 Å². The van der Waals surface area contributed by atoms with Crippen LogP contribution in [-0.4, -0.2) is 35.9 Å². The zero-order valence-corrected chi connectivity index (χ0v) is 16.5. The highest BCUT2D eigenvalue weighted by atomic mass is 16.5. The molecule has 3 nitrogen and oxygen atoms in total. The molecule has 1 saturated heterocycles. The van der Waals surface area contributed by atoms with Gasteiger partial charge in [0.1, 0.15) is 5.75 Å². The molecule has 27 heavy (non-hydrogen) atoms. The summed E-state index contributed by atoms with van der Waals surface area (Å²) in [5.41, 5.74) is 6.42. The van der Waals surface area contributed by atoms with Gasteiger partial charge in [0.2, 0.25) is 0 Å². The highest BCUT2D eigenvalue weighted by Crippen LogP contribution is 2.63. The summed E-state index contributed by atoms with van der Waals surface area (Å²) in [7, 11) is 0. The predicted octanol–water partition coefficient (Wildman–Crippen LogP) is 4.05. The molecule has 2 unspecified atom stereocenters. The summed E-state index contributed by atoms with van der Waals surface area (Å²) in [6.45, 7) is 10.9. The van der Waals surface area contributed by atoms with Crippen molar-refractivity contribution < 1.29 is 9.53 Å². The highest BCUT2D eigenvalue weighted by Gasteiger charge is 2.66. The molecule has 3 heteroatoms. The number of carbonyl (C=O) groups is 1. The number of hydrogen-bond donors (Lipinski definition) is 0. The zero-order valence-electron chi connectivity index (χ0n) is 16.5. The summed E-state index contributed by atoms with van der Waals surface area (Å²) >= 11 is 0. The lowest BCUT2D eigenvalue weighted by Crippen LogP contribution is -2.66. The number of aryl methyl sites for hydroxylation is 1. The average molecular weight is 364 g/mol. The van der Waals surface area contributed by atoms with Crippen molar-refractivity contribution in [1.29, 1.82) is 0 Å². The number of likely N-dealkylation sites (tertiary alicyclic amines) is 1. The second kappa shape index (κ2) is 5.26. The van der Waals surface area contributed by atoms with Gasteiger partial charge in [0, 0.05) is 30.0 Å². The third-order valence-corrected chi connectivity index (χ3v) is 8.21. The number of nitrogens with zero attached hydrogens (tertiary/aromatic N) is 1. The first-order valence-electron chi connectivity index (χ1n) is 10.8. The number of ketones is 1. The Hall–Kier alpha value is -1.61. The molecule has 4 atom stereocenters. The minimum Gasteiger partial charge on any atom is -0.481 e. The van der Waals surface area contributed by atoms with Crippen molar-refractivity contribution in [3.05, 3.63) is 34.9 Å². The van der Waals surface area contributed by atoms with Crippen LogP contribution in [0.1, 0.15) is 61.3 Å². The van der Waals surface area contributed by atoms with Crippen molar-refractivity contribution in [2.45, 2.75) is 69.9 Å². The Balaban J connectivity index is 1.58. The van der Waals surface area contributed by atoms with Gasteiger partial charge in [-0.15, -0.1) is 0 Å². The first kappa shape index (κ1) is 16.4. The van der Waals surface area contributed by atoms with Crippen LogP contribution in [0.2, 0.25) is 0 Å². The van der Waals surface area contributed by atoms with Crippen LogP contribution in [0.3, 0.4) is 0 Å². The summed E-state index contributed by atoms with van der Waals surface area (Å²) in [4.78, 5) is 15.7. The number of allylic oxidation sites excluding steroid dienone is 1. The van der Waals surface area contributed by atoms with Crippen molar-refractivity contribution in [1.82, 2.24) is 4.90 Å². The van der Waals surface area contributed by atoms with Gasteiger partial charge < -0.3 is 4.74 Å². The predicted molar refractivity (Wildman–Crippen MR) is 106 cm³/mol. The van der Waals surface area contributed by atoms with Crippen LogP contribution < -0.4 is 4.74 Å². The quantitative estimate of drug-likeness (QED) is 0.811. The van der Waals surface area contributed by atoms with Crippen LogP contribution >= 0.6 is 0 Å². The molecular formula is C24H29NO2. The molecule has 2 heterocycles. The zero-order chi connectivity index (χ0) is 18.5. The minimum atomic E-state index is -0.241. The number of piperidine rings is 1. The van der Waals surface area contributed by atoms with Gasteiger partial charge in [0.05, 0.1) is 0 Å². The van der Waals surface area contributed by atoms with E-state index in [2.05, 4.69) is 31.4 Å². The van der Waals surface area contributed by atoms with Gasteiger partial charge >= 0.3 is 0 Å². The first-order chi connectivity index (χ1) is 13.0. The third-order valence-electron chi connectivity index (χ3n) is 8.21. The normalized spacial score (nSPS) is 36.4. The SMILES string of the molecule is C=C(C)c1cc(C)c2c3c1CC1C4CCC(=O)[C@@H](O2)[C@@]34CCN1CC1CC1. The van der Waals surface area contributed by atoms with Gasteiger partial charge in [-0.2, -0.15) is 0 Å². The molecule has 2 aliphatic heterocycles. The number of benzene rings is 1. The van der Waals surface area contributed by atoms with Crippen molar-refractivity contribution >= 4 is 11.4 Å².